The van der Waals surface area contributed by atoms with Crippen molar-refractivity contribution in [3.63, 3.8) is 0 Å². The molecule has 3 heterocycles. The summed E-state index contributed by atoms with van der Waals surface area (Å²) in [5, 5.41) is 38.5. The molecule has 4 N–H and O–H groups in total. The number of benzene rings is 1. The first-order valence-electron chi connectivity index (χ1n) is 16.4. The molecule has 0 bridgehead atoms. The zero-order valence-corrected chi connectivity index (χ0v) is 26.1. The van der Waals surface area contributed by atoms with Crippen molar-refractivity contribution < 1.29 is 24.8 Å². The highest BCUT2D eigenvalue weighted by Crippen LogP contribution is 2.75. The number of fused-ring (bicyclic) bond motifs is 7. The van der Waals surface area contributed by atoms with Gasteiger partial charge in [0.1, 0.15) is 23.9 Å². The molecule has 2 aromatic rings. The van der Waals surface area contributed by atoms with Crippen LogP contribution in [0.5, 0.6) is 0 Å². The number of aliphatic hydroxyl groups is 3. The summed E-state index contributed by atoms with van der Waals surface area (Å²) in [6.45, 7) is 19.2. The van der Waals surface area contributed by atoms with Gasteiger partial charge in [-0.3, -0.25) is 0 Å². The molecule has 0 unspecified atom stereocenters. The molecule has 1 aromatic carbocycles. The van der Waals surface area contributed by atoms with Crippen molar-refractivity contribution in [3.05, 3.63) is 70.5 Å². The summed E-state index contributed by atoms with van der Waals surface area (Å²) in [5.74, 6) is 1.19. The predicted molar refractivity (Wildman–Crippen MR) is 165 cm³/mol. The third kappa shape index (κ3) is 2.75. The number of rotatable bonds is 1. The molecule has 3 saturated carbocycles. The molecule has 5 aliphatic carbocycles. The lowest BCUT2D eigenvalue weighted by Gasteiger charge is -2.67. The van der Waals surface area contributed by atoms with Crippen molar-refractivity contribution in [2.75, 3.05) is 0 Å². The minimum absolute atomic E-state index is 0.290. The van der Waals surface area contributed by atoms with Gasteiger partial charge >= 0.3 is 0 Å². The summed E-state index contributed by atoms with van der Waals surface area (Å²) >= 11 is 0. The molecule has 6 nitrogen and oxygen atoms in total. The van der Waals surface area contributed by atoms with Crippen LogP contribution in [0.3, 0.4) is 0 Å². The molecular formula is C37H45NO5. The minimum Gasteiger partial charge on any atom is -0.386 e. The Balaban J connectivity index is 1.29. The first kappa shape index (κ1) is 27.1. The smallest absolute Gasteiger partial charge is 0.115 e. The number of nitrogens with one attached hydrogen (secondary N) is 1. The highest BCUT2D eigenvalue weighted by molar-refractivity contribution is 5.93. The van der Waals surface area contributed by atoms with Gasteiger partial charge in [-0.25, -0.2) is 0 Å². The Morgan fingerprint density at radius 3 is 2.58 bits per heavy atom. The topological polar surface area (TPSA) is 94.9 Å². The second kappa shape index (κ2) is 7.76. The normalized spacial score (nSPS) is 48.3. The van der Waals surface area contributed by atoms with E-state index in [1.807, 2.05) is 13.0 Å². The number of aromatic nitrogens is 1. The SMILES string of the molecule is C=C1Cc2ccc3[nH]c4c5c3c2[C@H]2[C@@H]1C[C@H]2C(C)(C)O[C@H]5[C@]1(O)CC[C@@]2(O)C3=C[C@@H](O)[C@@H](C(=C)C)O[C@H]3CC[C@]2(C)[C@@]41C. The van der Waals surface area contributed by atoms with E-state index in [-0.39, 0.29) is 6.10 Å². The molecule has 3 fully saturated rings. The number of hydrogen-bond acceptors (Lipinski definition) is 5. The second-order valence-corrected chi connectivity index (χ2v) is 16.2. The van der Waals surface area contributed by atoms with Gasteiger partial charge in [0, 0.05) is 33.0 Å². The average molecular weight is 584 g/mol. The van der Waals surface area contributed by atoms with Gasteiger partial charge in [-0.15, -0.1) is 0 Å². The Morgan fingerprint density at radius 2 is 1.84 bits per heavy atom. The van der Waals surface area contributed by atoms with Crippen molar-refractivity contribution in [1.29, 1.82) is 0 Å². The number of H-pyrrole nitrogens is 1. The van der Waals surface area contributed by atoms with Gasteiger partial charge in [-0.2, -0.15) is 0 Å². The predicted octanol–water partition coefficient (Wildman–Crippen LogP) is 5.81. The van der Waals surface area contributed by atoms with Crippen LogP contribution in [0.4, 0.5) is 0 Å². The first-order valence-corrected chi connectivity index (χ1v) is 16.4. The van der Waals surface area contributed by atoms with E-state index in [1.54, 1.807) is 0 Å². The lowest BCUT2D eigenvalue weighted by molar-refractivity contribution is -0.275. The van der Waals surface area contributed by atoms with E-state index in [9.17, 15) is 15.3 Å². The molecule has 7 aliphatic rings. The summed E-state index contributed by atoms with van der Waals surface area (Å²) in [7, 11) is 0. The van der Waals surface area contributed by atoms with Crippen molar-refractivity contribution in [3.8, 4) is 0 Å². The highest BCUT2D eigenvalue weighted by Gasteiger charge is 2.78. The van der Waals surface area contributed by atoms with E-state index in [0.717, 1.165) is 40.8 Å². The van der Waals surface area contributed by atoms with Crippen LogP contribution in [0, 0.1) is 17.3 Å². The Bertz CT molecular complexity index is 1700. The zero-order valence-electron chi connectivity index (χ0n) is 26.1. The van der Waals surface area contributed by atoms with Crippen LogP contribution < -0.4 is 0 Å². The van der Waals surface area contributed by atoms with Gasteiger partial charge in [0.25, 0.3) is 0 Å². The maximum atomic E-state index is 13.2. The first-order chi connectivity index (χ1) is 20.2. The van der Waals surface area contributed by atoms with E-state index in [0.29, 0.717) is 43.4 Å². The lowest BCUT2D eigenvalue weighted by atomic mass is 9.41. The molecule has 6 heteroatoms. The van der Waals surface area contributed by atoms with Crippen LogP contribution in [-0.2, 0) is 21.3 Å². The molecule has 9 rings (SSSR count). The van der Waals surface area contributed by atoms with Crippen LogP contribution >= 0.6 is 0 Å². The van der Waals surface area contributed by atoms with Gasteiger partial charge in [0.15, 0.2) is 0 Å². The van der Waals surface area contributed by atoms with Crippen LogP contribution in [0.15, 0.2) is 48.1 Å². The van der Waals surface area contributed by atoms with E-state index in [1.165, 1.54) is 22.1 Å². The Kier molecular flexibility index (Phi) is 4.90. The molecule has 0 spiro atoms. The fourth-order valence-electron chi connectivity index (χ4n) is 11.7. The second-order valence-electron chi connectivity index (χ2n) is 16.2. The molecule has 0 amide bonds. The van der Waals surface area contributed by atoms with Gasteiger partial charge in [0.05, 0.1) is 17.3 Å². The summed E-state index contributed by atoms with van der Waals surface area (Å²) in [4.78, 5) is 3.86. The van der Waals surface area contributed by atoms with Crippen LogP contribution in [0.2, 0.25) is 0 Å². The standard InChI is InChI=1S/C37H45NO5/c1-17(2)30-24(39)16-21-25(42-30)10-11-34(6)35(7)31-29-28-23(38-31)9-8-19-14-18(3)20-15-22(27(20)26(19)28)33(4,5)43-32(29)37(35,41)13-12-36(21,34)40/h8-9,16,20,22,24-25,27,30,32,38-41H,1,3,10-15H2,2,4-7H3/t20-,22-,24-,25+,27+,30-,32-,34-,35-,36-,37-/m1/s1. The summed E-state index contributed by atoms with van der Waals surface area (Å²) in [6.07, 6.45) is 3.79. The third-order valence-electron chi connectivity index (χ3n) is 14.2. The van der Waals surface area contributed by atoms with Crippen LogP contribution in [0.1, 0.15) is 101 Å². The highest BCUT2D eigenvalue weighted by atomic mass is 16.5. The average Bonchev–Trinajstić information content (AvgIpc) is 3.38. The van der Waals surface area contributed by atoms with E-state index < -0.39 is 45.9 Å². The number of aromatic amines is 1. The van der Waals surface area contributed by atoms with E-state index in [4.69, 9.17) is 9.47 Å². The van der Waals surface area contributed by atoms with Gasteiger partial charge in [-0.05, 0) is 111 Å². The summed E-state index contributed by atoms with van der Waals surface area (Å²) < 4.78 is 13.7. The van der Waals surface area contributed by atoms with Gasteiger partial charge < -0.3 is 29.8 Å². The molecule has 43 heavy (non-hydrogen) atoms. The quantitative estimate of drug-likeness (QED) is 0.318. The van der Waals surface area contributed by atoms with Gasteiger partial charge in [0.2, 0.25) is 0 Å². The molecule has 228 valence electrons. The molecule has 0 radical (unpaired) electrons. The molecule has 1 aromatic heterocycles. The van der Waals surface area contributed by atoms with Crippen LogP contribution in [-0.4, -0.2) is 55.4 Å². The maximum Gasteiger partial charge on any atom is 0.115 e. The third-order valence-corrected chi connectivity index (χ3v) is 14.2. The maximum absolute atomic E-state index is 13.2. The lowest BCUT2D eigenvalue weighted by Crippen LogP contribution is -2.73. The number of allylic oxidation sites excluding steroid dienone is 1. The van der Waals surface area contributed by atoms with E-state index >= 15 is 0 Å². The Labute approximate surface area is 253 Å². The van der Waals surface area contributed by atoms with Gasteiger partial charge in [-0.1, -0.05) is 38.6 Å². The van der Waals surface area contributed by atoms with Crippen molar-refractivity contribution >= 4 is 10.9 Å². The Hall–Kier alpha value is -2.22. The fourth-order valence-corrected chi connectivity index (χ4v) is 11.7. The van der Waals surface area contributed by atoms with Crippen LogP contribution in [0.25, 0.3) is 10.9 Å². The number of ether oxygens (including phenoxy) is 2. The molecule has 0 saturated heterocycles. The fraction of sp³-hybridized carbons (Fsp3) is 0.622. The largest absolute Gasteiger partial charge is 0.386 e. The number of aliphatic hydroxyl groups excluding tert-OH is 1. The summed E-state index contributed by atoms with van der Waals surface area (Å²) in [6, 6.07) is 4.49. The van der Waals surface area contributed by atoms with E-state index in [2.05, 4.69) is 58.0 Å². The number of hydrogen-bond donors (Lipinski definition) is 4. The van der Waals surface area contributed by atoms with Crippen molar-refractivity contribution in [2.45, 2.75) is 126 Å². The van der Waals surface area contributed by atoms with Crippen molar-refractivity contribution in [1.82, 2.24) is 4.98 Å². The Morgan fingerprint density at radius 1 is 1.07 bits per heavy atom. The zero-order chi connectivity index (χ0) is 30.2. The molecular weight excluding hydrogens is 538 g/mol. The van der Waals surface area contributed by atoms with Crippen molar-refractivity contribution in [2.24, 2.45) is 17.3 Å². The molecule has 11 atom stereocenters. The monoisotopic (exact) mass is 583 g/mol. The minimum atomic E-state index is -1.27. The summed E-state index contributed by atoms with van der Waals surface area (Å²) in [5.41, 5.74) is 4.36. The molecule has 2 aliphatic heterocycles.